The number of aromatic nitrogens is 2. The van der Waals surface area contributed by atoms with Gasteiger partial charge in [-0.2, -0.15) is 0 Å². The molecule has 0 amide bonds. The van der Waals surface area contributed by atoms with Gasteiger partial charge in [0.2, 0.25) is 0 Å². The average Bonchev–Trinajstić information content (AvgIpc) is 3.60. The first-order chi connectivity index (χ1) is 26.7. The van der Waals surface area contributed by atoms with E-state index in [1.807, 2.05) is 0 Å². The molecule has 0 aliphatic carbocycles. The Labute approximate surface area is 343 Å². The van der Waals surface area contributed by atoms with Crippen LogP contribution in [0.25, 0.3) is 71.6 Å². The Morgan fingerprint density at radius 1 is 0.446 bits per heavy atom. The molecule has 7 aromatic carbocycles. The molecule has 0 fully saturated rings. The molecule has 258 valence electrons. The van der Waals surface area contributed by atoms with Crippen molar-refractivity contribution in [3.8, 4) is 39.1 Å². The van der Waals surface area contributed by atoms with E-state index in [1.54, 1.807) is 0 Å². The van der Waals surface area contributed by atoms with Gasteiger partial charge in [-0.1, -0.05) is 82.2 Å². The fourth-order valence-electron chi connectivity index (χ4n) is 9.82. The van der Waals surface area contributed by atoms with Crippen molar-refractivity contribution in [2.45, 2.75) is 20.3 Å². The van der Waals surface area contributed by atoms with Crippen molar-refractivity contribution >= 4 is 192 Å². The maximum Gasteiger partial charge on any atom is 0.139 e. The van der Waals surface area contributed by atoms with E-state index < -0.39 is 0 Å². The average molecular weight is 707 g/mol. The second kappa shape index (κ2) is 14.0. The number of hydrogen-bond donors (Lipinski definition) is 0. The molecule has 56 heavy (non-hydrogen) atoms. The first-order valence-corrected chi connectivity index (χ1v) is 20.4. The summed E-state index contributed by atoms with van der Waals surface area (Å²) in [6, 6.07) is 26.8. The van der Waals surface area contributed by atoms with Gasteiger partial charge in [0.1, 0.15) is 100.0 Å². The quantitative estimate of drug-likeness (QED) is 0.129. The van der Waals surface area contributed by atoms with Crippen molar-refractivity contribution in [1.82, 2.24) is 9.55 Å². The van der Waals surface area contributed by atoms with Crippen molar-refractivity contribution in [2.24, 2.45) is 0 Å². The summed E-state index contributed by atoms with van der Waals surface area (Å²) in [4.78, 5) is 5.00. The molecule has 0 saturated carbocycles. The highest BCUT2D eigenvalue weighted by Crippen LogP contribution is 2.42. The summed E-state index contributed by atoms with van der Waals surface area (Å²) >= 11 is 0. The van der Waals surface area contributed by atoms with E-state index in [0.29, 0.717) is 0 Å². The highest BCUT2D eigenvalue weighted by atomic mass is 15.1. The zero-order chi connectivity index (χ0) is 40.1. The minimum atomic E-state index is 0.862. The summed E-state index contributed by atoms with van der Waals surface area (Å²) < 4.78 is 2.33. The van der Waals surface area contributed by atoms with Crippen LogP contribution in [-0.2, 0) is 6.42 Å². The number of aryl methyl sites for hydroxylation is 2. The van der Waals surface area contributed by atoms with E-state index in [1.165, 1.54) is 126 Å². The van der Waals surface area contributed by atoms with Crippen molar-refractivity contribution in [3.05, 3.63) is 84.2 Å². The second-order valence-electron chi connectivity index (χ2n) is 16.6. The lowest BCUT2D eigenvalue weighted by Gasteiger charge is -2.30. The van der Waals surface area contributed by atoms with Gasteiger partial charge in [0.15, 0.2) is 0 Å². The van der Waals surface area contributed by atoms with Crippen LogP contribution in [0.5, 0.6) is 0 Å². The third-order valence-corrected chi connectivity index (χ3v) is 14.2. The van der Waals surface area contributed by atoms with Crippen LogP contribution in [0, 0.1) is 6.92 Å². The molecule has 1 heterocycles. The molecule has 14 heteroatoms. The summed E-state index contributed by atoms with van der Waals surface area (Å²) in [7, 11) is 28.1. The van der Waals surface area contributed by atoms with E-state index in [4.69, 9.17) is 4.98 Å². The van der Waals surface area contributed by atoms with Crippen LogP contribution < -0.4 is 65.6 Å². The lowest BCUT2D eigenvalue weighted by atomic mass is 9.57. The Morgan fingerprint density at radius 2 is 0.929 bits per heavy atom. The summed E-state index contributed by atoms with van der Waals surface area (Å²) in [5.74, 6) is 1.08. The van der Waals surface area contributed by atoms with Gasteiger partial charge in [-0.3, -0.25) is 4.57 Å². The molecule has 0 aliphatic rings. The highest BCUT2D eigenvalue weighted by molar-refractivity contribution is 6.72. The molecule has 2 nitrogen and oxygen atoms in total. The van der Waals surface area contributed by atoms with E-state index in [9.17, 15) is 0 Å². The third-order valence-electron chi connectivity index (χ3n) is 14.2. The smallest absolute Gasteiger partial charge is 0.139 e. The molecule has 0 aliphatic heterocycles. The molecular formula is C42H44B12N2. The van der Waals surface area contributed by atoms with Crippen molar-refractivity contribution < 1.29 is 0 Å². The van der Waals surface area contributed by atoms with Crippen LogP contribution in [0.15, 0.2) is 72.8 Å². The van der Waals surface area contributed by atoms with Crippen molar-refractivity contribution in [3.63, 3.8) is 0 Å². The summed E-state index contributed by atoms with van der Waals surface area (Å²) in [5.41, 5.74) is 29.2. The van der Waals surface area contributed by atoms with Crippen LogP contribution in [0.4, 0.5) is 0 Å². The Bertz CT molecular complexity index is 2900. The SMILES string of the molecule is Bc1c(B)c(B)c(-c2c3c(B)c(B)c(B)c(B)c3c(-c3cccc(-c4cccc(-n5c(CC)nc6ccccc65)c4)c3)c3c(B)c(B)c(B)c(C)c23)c(B)c1B. The minimum absolute atomic E-state index is 0.862. The Balaban J connectivity index is 1.51. The predicted molar refractivity (Wildman–Crippen MR) is 285 cm³/mol. The largest absolute Gasteiger partial charge is 0.296 e. The van der Waals surface area contributed by atoms with Gasteiger partial charge in [-0.25, -0.2) is 4.98 Å². The first kappa shape index (κ1) is 38.2. The van der Waals surface area contributed by atoms with Crippen LogP contribution in [0.1, 0.15) is 18.3 Å². The molecule has 0 unspecified atom stereocenters. The molecule has 8 rings (SSSR count). The van der Waals surface area contributed by atoms with Gasteiger partial charge >= 0.3 is 0 Å². The lowest BCUT2D eigenvalue weighted by Crippen LogP contribution is -2.55. The van der Waals surface area contributed by atoms with E-state index >= 15 is 0 Å². The Hall–Kier alpha value is -4.69. The monoisotopic (exact) mass is 708 g/mol. The number of rotatable bonds is 5. The van der Waals surface area contributed by atoms with E-state index in [2.05, 4.69) is 185 Å². The highest BCUT2D eigenvalue weighted by Gasteiger charge is 2.27. The predicted octanol–water partition coefficient (Wildman–Crippen LogP) is -9.70. The normalized spacial score (nSPS) is 11.6. The van der Waals surface area contributed by atoms with Crippen LogP contribution in [0.3, 0.4) is 0 Å². The minimum Gasteiger partial charge on any atom is -0.296 e. The fourth-order valence-corrected chi connectivity index (χ4v) is 9.82. The van der Waals surface area contributed by atoms with Crippen LogP contribution in [0.2, 0.25) is 0 Å². The van der Waals surface area contributed by atoms with Gasteiger partial charge in [0.25, 0.3) is 0 Å². The molecule has 0 radical (unpaired) electrons. The van der Waals surface area contributed by atoms with Gasteiger partial charge in [-0.15, -0.1) is 32.8 Å². The van der Waals surface area contributed by atoms with E-state index in [-0.39, 0.29) is 0 Å². The number of hydrogen-bond acceptors (Lipinski definition) is 1. The molecule has 1 aromatic heterocycles. The van der Waals surface area contributed by atoms with E-state index in [0.717, 1.165) is 29.0 Å². The molecule has 0 bridgehead atoms. The second-order valence-corrected chi connectivity index (χ2v) is 16.6. The van der Waals surface area contributed by atoms with Crippen LogP contribution >= 0.6 is 0 Å². The molecule has 8 aromatic rings. The third kappa shape index (κ3) is 5.53. The number of imidazole rings is 1. The summed E-state index contributed by atoms with van der Waals surface area (Å²) in [6.07, 6.45) is 0.862. The molecule has 0 atom stereocenters. The number of para-hydroxylation sites is 2. The van der Waals surface area contributed by atoms with Gasteiger partial charge in [0.05, 0.1) is 11.0 Å². The van der Waals surface area contributed by atoms with Crippen molar-refractivity contribution in [1.29, 1.82) is 0 Å². The number of nitrogens with zero attached hydrogens (tertiary/aromatic N) is 2. The van der Waals surface area contributed by atoms with Gasteiger partial charge in [0, 0.05) is 12.1 Å². The van der Waals surface area contributed by atoms with Gasteiger partial charge in [-0.05, 0) is 97.7 Å². The Morgan fingerprint density at radius 3 is 1.55 bits per heavy atom. The maximum atomic E-state index is 5.00. The molecule has 0 spiro atoms. The fraction of sp³-hybridized carbons (Fsp3) is 0.0714. The number of benzene rings is 7. The summed E-state index contributed by atoms with van der Waals surface area (Å²) in [6.45, 7) is 4.56. The first-order valence-electron chi connectivity index (χ1n) is 20.4. The Kier molecular flexibility index (Phi) is 9.58. The van der Waals surface area contributed by atoms with Crippen molar-refractivity contribution in [2.75, 3.05) is 0 Å². The topological polar surface area (TPSA) is 17.8 Å². The maximum absolute atomic E-state index is 5.00. The van der Waals surface area contributed by atoms with Gasteiger partial charge < -0.3 is 0 Å². The standard InChI is InChI=1S/C42H44B12N2/c1-3-23-55-21-12-4-5-13-22(21)56(23)20-11-7-9-18(15-20)17-8-6-10-19(14-17)25-27-24(16(2)31(43)37(49)32(27)44)26(29-28(25)33(45)38(50)39(51)34(29)46)30-35(47)40(52)42(54)41(53)36(30)48/h4-15H,3,43-54H2,1-2H3. The number of fused-ring (bicyclic) bond motifs is 3. The van der Waals surface area contributed by atoms with Crippen LogP contribution in [-0.4, -0.2) is 104 Å². The zero-order valence-electron chi connectivity index (χ0n) is 36.0. The molecule has 0 N–H and O–H groups in total. The zero-order valence-corrected chi connectivity index (χ0v) is 36.0. The lowest BCUT2D eigenvalue weighted by molar-refractivity contribution is 0.908. The summed E-state index contributed by atoms with van der Waals surface area (Å²) in [5, 5.41) is 5.58. The molecular weight excluding hydrogens is 662 g/mol. The molecule has 0 saturated heterocycles.